The van der Waals surface area contributed by atoms with Crippen molar-refractivity contribution in [3.05, 3.63) is 64.7 Å². The monoisotopic (exact) mass is 370 g/mol. The van der Waals surface area contributed by atoms with Gasteiger partial charge in [0, 0.05) is 11.3 Å². The van der Waals surface area contributed by atoms with Crippen molar-refractivity contribution in [1.82, 2.24) is 0 Å². The van der Waals surface area contributed by atoms with Crippen LogP contribution in [0.4, 0.5) is 5.69 Å². The number of nitrogens with one attached hydrogen (secondary N) is 1. The fourth-order valence-corrected chi connectivity index (χ4v) is 2.39. The number of Topliss-reactive ketones (excluding diaryl/α,β-unsaturated/α-hetero) is 1. The van der Waals surface area contributed by atoms with Crippen molar-refractivity contribution in [2.24, 2.45) is 5.92 Å². The molecule has 0 heterocycles. The Morgan fingerprint density at radius 2 is 1.81 bits per heavy atom. The molecule has 7 heteroatoms. The second-order valence-electron chi connectivity index (χ2n) is 5.19. The van der Waals surface area contributed by atoms with Crippen LogP contribution in [-0.2, 0) is 9.53 Å². The maximum absolute atomic E-state index is 12.3. The van der Waals surface area contributed by atoms with Crippen LogP contribution in [0.25, 0.3) is 0 Å². The van der Waals surface area contributed by atoms with Crippen molar-refractivity contribution in [3.8, 4) is 6.07 Å². The number of anilines is 1. The van der Waals surface area contributed by atoms with Crippen molar-refractivity contribution in [2.75, 3.05) is 11.9 Å². The molecule has 0 saturated heterocycles. The van der Waals surface area contributed by atoms with E-state index in [0.29, 0.717) is 16.3 Å². The summed E-state index contributed by atoms with van der Waals surface area (Å²) in [5.74, 6) is -3.44. The van der Waals surface area contributed by atoms with Gasteiger partial charge in [0.2, 0.25) is 5.92 Å². The molecule has 0 bridgehead atoms. The number of halogens is 1. The largest absolute Gasteiger partial charge is 0.465 e. The van der Waals surface area contributed by atoms with Crippen LogP contribution in [0.5, 0.6) is 0 Å². The molecule has 2 rings (SSSR count). The number of ketones is 1. The number of rotatable bonds is 6. The molecule has 0 aliphatic carbocycles. The lowest BCUT2D eigenvalue weighted by Gasteiger charge is -2.09. The number of esters is 1. The van der Waals surface area contributed by atoms with Gasteiger partial charge in [0.25, 0.3) is 5.91 Å². The first-order valence-electron chi connectivity index (χ1n) is 7.74. The van der Waals surface area contributed by atoms with E-state index in [2.05, 4.69) is 5.32 Å². The van der Waals surface area contributed by atoms with Crippen molar-refractivity contribution in [1.29, 1.82) is 5.26 Å². The van der Waals surface area contributed by atoms with E-state index in [-0.39, 0.29) is 12.2 Å². The number of nitrogens with zero attached hydrogens (tertiary/aromatic N) is 1. The quantitative estimate of drug-likeness (QED) is 0.477. The van der Waals surface area contributed by atoms with Gasteiger partial charge in [-0.05, 0) is 43.3 Å². The number of hydrogen-bond acceptors (Lipinski definition) is 5. The molecule has 0 aromatic heterocycles. The van der Waals surface area contributed by atoms with Crippen LogP contribution < -0.4 is 5.32 Å². The lowest BCUT2D eigenvalue weighted by molar-refractivity contribution is -0.144. The summed E-state index contributed by atoms with van der Waals surface area (Å²) in [4.78, 5) is 36.1. The summed E-state index contributed by atoms with van der Waals surface area (Å²) >= 11 is 5.98. The van der Waals surface area contributed by atoms with Gasteiger partial charge in [-0.25, -0.2) is 0 Å². The van der Waals surface area contributed by atoms with Crippen LogP contribution in [-0.4, -0.2) is 24.3 Å². The zero-order valence-electron chi connectivity index (χ0n) is 13.9. The van der Waals surface area contributed by atoms with Crippen LogP contribution in [0.3, 0.4) is 0 Å². The Morgan fingerprint density at radius 1 is 1.15 bits per heavy atom. The first-order valence-corrected chi connectivity index (χ1v) is 8.12. The Hall–Kier alpha value is -3.17. The number of ether oxygens (including phenoxy) is 1. The molecule has 26 heavy (non-hydrogen) atoms. The fourth-order valence-electron chi connectivity index (χ4n) is 2.17. The van der Waals surface area contributed by atoms with E-state index in [4.69, 9.17) is 21.6 Å². The first kappa shape index (κ1) is 19.2. The molecule has 1 atom stereocenters. The van der Waals surface area contributed by atoms with Crippen molar-refractivity contribution < 1.29 is 19.1 Å². The van der Waals surface area contributed by atoms with E-state index in [1.807, 2.05) is 0 Å². The van der Waals surface area contributed by atoms with E-state index < -0.39 is 23.6 Å². The van der Waals surface area contributed by atoms with Gasteiger partial charge in [0.05, 0.1) is 23.3 Å². The zero-order chi connectivity index (χ0) is 19.1. The molecule has 6 nitrogen and oxygen atoms in total. The Labute approximate surface area is 155 Å². The average molecular weight is 371 g/mol. The highest BCUT2D eigenvalue weighted by atomic mass is 35.5. The molecule has 1 unspecified atom stereocenters. The van der Waals surface area contributed by atoms with Crippen LogP contribution in [0.1, 0.15) is 27.6 Å². The fraction of sp³-hybridized carbons (Fsp3) is 0.158. The summed E-state index contributed by atoms with van der Waals surface area (Å²) in [7, 11) is 0. The van der Waals surface area contributed by atoms with Gasteiger partial charge in [-0.15, -0.1) is 0 Å². The Bertz CT molecular complexity index is 872. The van der Waals surface area contributed by atoms with E-state index in [9.17, 15) is 14.4 Å². The maximum atomic E-state index is 12.3. The number of hydrogen-bond donors (Lipinski definition) is 1. The number of amides is 1. The number of carbonyl (C=O) groups excluding carboxylic acids is 3. The number of nitriles is 1. The molecule has 132 valence electrons. The van der Waals surface area contributed by atoms with Gasteiger partial charge < -0.3 is 10.1 Å². The molecule has 0 fully saturated rings. The second kappa shape index (κ2) is 8.79. The van der Waals surface area contributed by atoms with Crippen LogP contribution in [0.2, 0.25) is 5.02 Å². The minimum atomic E-state index is -1.52. The van der Waals surface area contributed by atoms with Crippen LogP contribution in [0.15, 0.2) is 48.5 Å². The summed E-state index contributed by atoms with van der Waals surface area (Å²) in [5.41, 5.74) is 0.928. The minimum absolute atomic E-state index is 0.0807. The topological polar surface area (TPSA) is 96.3 Å². The van der Waals surface area contributed by atoms with Gasteiger partial charge in [0.1, 0.15) is 0 Å². The minimum Gasteiger partial charge on any atom is -0.465 e. The Morgan fingerprint density at radius 3 is 2.38 bits per heavy atom. The molecular formula is C19H15ClN2O4. The standard InChI is InChI=1S/C19H15ClN2O4/c1-2-26-19(25)15(11-21)17(23)12-7-9-13(10-8-12)22-18(24)14-5-3-4-6-16(14)20/h3-10,15H,2H2,1H3,(H,22,24). The maximum Gasteiger partial charge on any atom is 0.331 e. The molecule has 0 aliphatic heterocycles. The highest BCUT2D eigenvalue weighted by molar-refractivity contribution is 6.34. The van der Waals surface area contributed by atoms with Crippen LogP contribution >= 0.6 is 11.6 Å². The predicted octanol–water partition coefficient (Wildman–Crippen LogP) is 3.48. The average Bonchev–Trinajstić information content (AvgIpc) is 2.63. The molecular weight excluding hydrogens is 356 g/mol. The molecule has 1 N–H and O–H groups in total. The van der Waals surface area contributed by atoms with E-state index in [1.54, 1.807) is 37.3 Å². The van der Waals surface area contributed by atoms with Gasteiger partial charge in [-0.2, -0.15) is 5.26 Å². The van der Waals surface area contributed by atoms with Crippen LogP contribution in [0, 0.1) is 17.2 Å². The number of carbonyl (C=O) groups is 3. The normalized spacial score (nSPS) is 11.1. The summed E-state index contributed by atoms with van der Waals surface area (Å²) in [5, 5.41) is 12.0. The van der Waals surface area contributed by atoms with Crippen molar-refractivity contribution in [3.63, 3.8) is 0 Å². The highest BCUT2D eigenvalue weighted by Gasteiger charge is 2.28. The van der Waals surface area contributed by atoms with Gasteiger partial charge in [-0.1, -0.05) is 23.7 Å². The van der Waals surface area contributed by atoms with E-state index >= 15 is 0 Å². The molecule has 2 aromatic carbocycles. The smallest absolute Gasteiger partial charge is 0.331 e. The summed E-state index contributed by atoms with van der Waals surface area (Å²) in [6.45, 7) is 1.67. The van der Waals surface area contributed by atoms with Crippen molar-refractivity contribution in [2.45, 2.75) is 6.92 Å². The van der Waals surface area contributed by atoms with Gasteiger partial charge >= 0.3 is 5.97 Å². The summed E-state index contributed by atoms with van der Waals surface area (Å²) < 4.78 is 4.72. The molecule has 0 aliphatic rings. The summed E-state index contributed by atoms with van der Waals surface area (Å²) in [6, 6.07) is 14.1. The van der Waals surface area contributed by atoms with E-state index in [1.165, 1.54) is 24.3 Å². The van der Waals surface area contributed by atoms with Gasteiger partial charge in [0.15, 0.2) is 5.78 Å². The summed E-state index contributed by atoms with van der Waals surface area (Å²) in [6.07, 6.45) is 0. The lowest BCUT2D eigenvalue weighted by atomic mass is 9.99. The highest BCUT2D eigenvalue weighted by Crippen LogP contribution is 2.18. The Kier molecular flexibility index (Phi) is 6.48. The first-order chi connectivity index (χ1) is 12.5. The van der Waals surface area contributed by atoms with E-state index in [0.717, 1.165) is 0 Å². The zero-order valence-corrected chi connectivity index (χ0v) is 14.6. The van der Waals surface area contributed by atoms with Gasteiger partial charge in [-0.3, -0.25) is 14.4 Å². The predicted molar refractivity (Wildman–Crippen MR) is 95.9 cm³/mol. The molecule has 1 amide bonds. The third kappa shape index (κ3) is 4.47. The third-order valence-electron chi connectivity index (χ3n) is 3.46. The molecule has 0 saturated carbocycles. The second-order valence-corrected chi connectivity index (χ2v) is 5.60. The lowest BCUT2D eigenvalue weighted by Crippen LogP contribution is -2.25. The molecule has 2 aromatic rings. The number of benzene rings is 2. The third-order valence-corrected chi connectivity index (χ3v) is 3.79. The molecule has 0 spiro atoms. The Balaban J connectivity index is 2.12. The molecule has 0 radical (unpaired) electrons. The van der Waals surface area contributed by atoms with Crippen molar-refractivity contribution >= 4 is 34.9 Å². The SMILES string of the molecule is CCOC(=O)C(C#N)C(=O)c1ccc(NC(=O)c2ccccc2Cl)cc1.